The zero-order chi connectivity index (χ0) is 13.4. The van der Waals surface area contributed by atoms with Gasteiger partial charge in [0.25, 0.3) is 0 Å². The number of nitrogens with one attached hydrogen (secondary N) is 2. The molecular formula is C16H20N2S. The highest BCUT2D eigenvalue weighted by molar-refractivity contribution is 7.80. The predicted octanol–water partition coefficient (Wildman–Crippen LogP) is 3.55. The van der Waals surface area contributed by atoms with Crippen LogP contribution in [0, 0.1) is 25.7 Å². The summed E-state index contributed by atoms with van der Waals surface area (Å²) < 4.78 is 0. The van der Waals surface area contributed by atoms with E-state index in [-0.39, 0.29) is 0 Å². The first kappa shape index (κ1) is 12.7. The average Bonchev–Trinajstić information content (AvgIpc) is 2.95. The number of benzene rings is 1. The topological polar surface area (TPSA) is 24.1 Å². The summed E-state index contributed by atoms with van der Waals surface area (Å²) in [6, 6.07) is 6.89. The molecule has 19 heavy (non-hydrogen) atoms. The quantitative estimate of drug-likeness (QED) is 0.636. The first-order valence-electron chi connectivity index (χ1n) is 6.95. The number of fused-ring (bicyclic) bond motifs is 2. The molecule has 1 aromatic rings. The van der Waals surface area contributed by atoms with Gasteiger partial charge in [0.1, 0.15) is 0 Å². The van der Waals surface area contributed by atoms with Gasteiger partial charge in [0.05, 0.1) is 0 Å². The molecule has 0 saturated heterocycles. The number of anilines is 1. The van der Waals surface area contributed by atoms with E-state index in [2.05, 4.69) is 54.8 Å². The van der Waals surface area contributed by atoms with Crippen molar-refractivity contribution in [2.45, 2.75) is 32.7 Å². The van der Waals surface area contributed by atoms with Gasteiger partial charge in [-0.15, -0.1) is 0 Å². The van der Waals surface area contributed by atoms with Crippen LogP contribution in [0.25, 0.3) is 0 Å². The van der Waals surface area contributed by atoms with Gasteiger partial charge in [-0.05, 0) is 62.4 Å². The summed E-state index contributed by atoms with van der Waals surface area (Å²) in [4.78, 5) is 0. The van der Waals surface area contributed by atoms with Crippen molar-refractivity contribution >= 4 is 23.0 Å². The van der Waals surface area contributed by atoms with Crippen LogP contribution in [0.3, 0.4) is 0 Å². The summed E-state index contributed by atoms with van der Waals surface area (Å²) in [5.74, 6) is 1.44. The van der Waals surface area contributed by atoms with Crippen molar-refractivity contribution in [1.29, 1.82) is 0 Å². The summed E-state index contributed by atoms with van der Waals surface area (Å²) in [6.45, 7) is 4.22. The van der Waals surface area contributed by atoms with E-state index in [0.29, 0.717) is 12.0 Å². The van der Waals surface area contributed by atoms with Gasteiger partial charge in [0.15, 0.2) is 5.11 Å². The summed E-state index contributed by atoms with van der Waals surface area (Å²) >= 11 is 5.43. The standard InChI is InChI=1S/C16H20N2S/c1-10-3-6-14(11(2)7-10)17-16(19)18-15-9-12-4-5-13(15)8-12/h3-7,12-13,15H,8-9H2,1-2H3,(H2,17,18,19)/t12-,13+,15-/m1/s1. The summed E-state index contributed by atoms with van der Waals surface area (Å²) in [5.41, 5.74) is 3.61. The largest absolute Gasteiger partial charge is 0.359 e. The Morgan fingerprint density at radius 2 is 2.05 bits per heavy atom. The fourth-order valence-corrected chi connectivity index (χ4v) is 3.49. The van der Waals surface area contributed by atoms with Crippen molar-refractivity contribution in [1.82, 2.24) is 5.32 Å². The van der Waals surface area contributed by atoms with E-state index in [4.69, 9.17) is 12.2 Å². The first-order chi connectivity index (χ1) is 9.11. The maximum absolute atomic E-state index is 5.43. The number of rotatable bonds is 2. The van der Waals surface area contributed by atoms with E-state index in [1.807, 2.05) is 0 Å². The molecule has 0 spiro atoms. The first-order valence-corrected chi connectivity index (χ1v) is 7.36. The smallest absolute Gasteiger partial charge is 0.171 e. The molecule has 3 atom stereocenters. The second-order valence-corrected chi connectivity index (χ2v) is 6.21. The zero-order valence-electron chi connectivity index (χ0n) is 11.4. The number of aryl methyl sites for hydroxylation is 2. The lowest BCUT2D eigenvalue weighted by Crippen LogP contribution is -2.40. The highest BCUT2D eigenvalue weighted by atomic mass is 32.1. The van der Waals surface area contributed by atoms with Gasteiger partial charge in [0, 0.05) is 11.7 Å². The van der Waals surface area contributed by atoms with E-state index in [9.17, 15) is 0 Å². The third-order valence-electron chi connectivity index (χ3n) is 4.23. The molecule has 0 amide bonds. The normalized spacial score (nSPS) is 27.6. The lowest BCUT2D eigenvalue weighted by atomic mass is 10.0. The minimum Gasteiger partial charge on any atom is -0.359 e. The molecule has 2 N–H and O–H groups in total. The van der Waals surface area contributed by atoms with Gasteiger partial charge >= 0.3 is 0 Å². The molecule has 0 unspecified atom stereocenters. The molecule has 0 radical (unpaired) electrons. The Morgan fingerprint density at radius 3 is 2.68 bits per heavy atom. The van der Waals surface area contributed by atoms with E-state index in [1.165, 1.54) is 24.0 Å². The lowest BCUT2D eigenvalue weighted by molar-refractivity contribution is 0.526. The Bertz CT molecular complexity index is 536. The fraction of sp³-hybridized carbons (Fsp3) is 0.438. The third kappa shape index (κ3) is 2.66. The van der Waals surface area contributed by atoms with Crippen molar-refractivity contribution in [2.75, 3.05) is 5.32 Å². The lowest BCUT2D eigenvalue weighted by Gasteiger charge is -2.22. The minimum atomic E-state index is 0.515. The SMILES string of the molecule is Cc1ccc(NC(=S)N[C@@H]2C[C@@H]3C=C[C@H]2C3)c(C)c1. The Hall–Kier alpha value is -1.35. The number of hydrogen-bond donors (Lipinski definition) is 2. The Morgan fingerprint density at radius 1 is 1.21 bits per heavy atom. The van der Waals surface area contributed by atoms with Crippen molar-refractivity contribution in [3.05, 3.63) is 41.5 Å². The van der Waals surface area contributed by atoms with Crippen molar-refractivity contribution in [3.63, 3.8) is 0 Å². The summed E-state index contributed by atoms with van der Waals surface area (Å²) in [7, 11) is 0. The summed E-state index contributed by atoms with van der Waals surface area (Å²) in [5, 5.41) is 7.54. The van der Waals surface area contributed by atoms with Gasteiger partial charge in [-0.3, -0.25) is 0 Å². The van der Waals surface area contributed by atoms with E-state index in [0.717, 1.165) is 16.7 Å². The highest BCUT2D eigenvalue weighted by Gasteiger charge is 2.35. The molecular weight excluding hydrogens is 252 g/mol. The van der Waals surface area contributed by atoms with Crippen LogP contribution in [0.2, 0.25) is 0 Å². The van der Waals surface area contributed by atoms with Crippen LogP contribution in [-0.4, -0.2) is 11.2 Å². The van der Waals surface area contributed by atoms with E-state index in [1.54, 1.807) is 0 Å². The Labute approximate surface area is 120 Å². The van der Waals surface area contributed by atoms with Crippen LogP contribution in [0.4, 0.5) is 5.69 Å². The monoisotopic (exact) mass is 272 g/mol. The van der Waals surface area contributed by atoms with Gasteiger partial charge in [-0.2, -0.15) is 0 Å². The predicted molar refractivity (Wildman–Crippen MR) is 84.4 cm³/mol. The molecule has 100 valence electrons. The number of allylic oxidation sites excluding steroid dienone is 1. The molecule has 3 rings (SSSR count). The maximum atomic E-state index is 5.43. The molecule has 2 aliphatic rings. The van der Waals surface area contributed by atoms with Crippen molar-refractivity contribution < 1.29 is 0 Å². The van der Waals surface area contributed by atoms with Gasteiger partial charge in [0.2, 0.25) is 0 Å². The molecule has 1 fully saturated rings. The highest BCUT2D eigenvalue weighted by Crippen LogP contribution is 2.38. The fourth-order valence-electron chi connectivity index (χ4n) is 3.23. The molecule has 0 aromatic heterocycles. The van der Waals surface area contributed by atoms with Gasteiger partial charge in [-0.1, -0.05) is 29.8 Å². The van der Waals surface area contributed by atoms with Crippen molar-refractivity contribution in [3.8, 4) is 0 Å². The van der Waals surface area contributed by atoms with Gasteiger partial charge < -0.3 is 10.6 Å². The van der Waals surface area contributed by atoms with E-state index >= 15 is 0 Å². The molecule has 1 aromatic carbocycles. The van der Waals surface area contributed by atoms with Crippen LogP contribution in [0.5, 0.6) is 0 Å². The van der Waals surface area contributed by atoms with Crippen LogP contribution in [-0.2, 0) is 0 Å². The average molecular weight is 272 g/mol. The second kappa shape index (κ2) is 4.97. The molecule has 2 bridgehead atoms. The Kier molecular flexibility index (Phi) is 3.31. The molecule has 3 heteroatoms. The van der Waals surface area contributed by atoms with Crippen LogP contribution >= 0.6 is 12.2 Å². The number of hydrogen-bond acceptors (Lipinski definition) is 1. The molecule has 0 aliphatic heterocycles. The molecule has 0 heterocycles. The van der Waals surface area contributed by atoms with Crippen LogP contribution < -0.4 is 10.6 Å². The summed E-state index contributed by atoms with van der Waals surface area (Å²) in [6.07, 6.45) is 7.20. The molecule has 2 aliphatic carbocycles. The van der Waals surface area contributed by atoms with Gasteiger partial charge in [-0.25, -0.2) is 0 Å². The van der Waals surface area contributed by atoms with Crippen LogP contribution in [0.15, 0.2) is 30.4 Å². The maximum Gasteiger partial charge on any atom is 0.171 e. The van der Waals surface area contributed by atoms with Crippen LogP contribution in [0.1, 0.15) is 24.0 Å². The molecule has 2 nitrogen and oxygen atoms in total. The molecule has 1 saturated carbocycles. The van der Waals surface area contributed by atoms with Crippen molar-refractivity contribution in [2.24, 2.45) is 11.8 Å². The minimum absolute atomic E-state index is 0.515. The Balaban J connectivity index is 1.61. The third-order valence-corrected chi connectivity index (χ3v) is 4.45. The van der Waals surface area contributed by atoms with E-state index < -0.39 is 0 Å². The second-order valence-electron chi connectivity index (χ2n) is 5.80. The number of thiocarbonyl (C=S) groups is 1. The zero-order valence-corrected chi connectivity index (χ0v) is 12.3.